The number of nitrogens with zero attached hydrogens (tertiary/aromatic N) is 4. The van der Waals surface area contributed by atoms with E-state index in [-0.39, 0.29) is 29.3 Å². The Balaban J connectivity index is 0.00000370. The van der Waals surface area contributed by atoms with Crippen molar-refractivity contribution in [2.45, 2.75) is 39.0 Å². The third kappa shape index (κ3) is 6.18. The molecule has 5 rings (SSSR count). The van der Waals surface area contributed by atoms with Gasteiger partial charge in [0.05, 0.1) is 17.6 Å². The Bertz CT molecular complexity index is 1670. The smallest absolute Gasteiger partial charge is 0.325 e. The van der Waals surface area contributed by atoms with E-state index >= 15 is 0 Å². The number of rotatable bonds is 7. The first-order chi connectivity index (χ1) is 18.7. The number of hydrogen-bond acceptors (Lipinski definition) is 6. The maximum atomic E-state index is 15.0. The van der Waals surface area contributed by atoms with E-state index in [4.69, 9.17) is 4.52 Å². The second-order valence-electron chi connectivity index (χ2n) is 10.1. The second-order valence-corrected chi connectivity index (χ2v) is 10.1. The molecule has 5 aromatic rings. The van der Waals surface area contributed by atoms with E-state index in [1.54, 1.807) is 24.5 Å². The largest absolute Gasteiger partial charge is 0.359 e. The summed E-state index contributed by atoms with van der Waals surface area (Å²) in [6.07, 6.45) is 7.17. The molecule has 206 valence electrons. The summed E-state index contributed by atoms with van der Waals surface area (Å²) < 4.78 is 22.1. The maximum absolute atomic E-state index is 15.0. The quantitative estimate of drug-likeness (QED) is 0.214. The zero-order valence-corrected chi connectivity index (χ0v) is 23.0. The van der Waals surface area contributed by atoms with Gasteiger partial charge in [0.15, 0.2) is 5.82 Å². The third-order valence-corrected chi connectivity index (χ3v) is 6.19. The van der Waals surface area contributed by atoms with Gasteiger partial charge in [0.1, 0.15) is 23.5 Å². The normalized spacial score (nSPS) is 11.2. The van der Waals surface area contributed by atoms with E-state index in [9.17, 15) is 14.0 Å². The maximum Gasteiger partial charge on any atom is 0.325 e. The van der Waals surface area contributed by atoms with E-state index in [0.29, 0.717) is 35.5 Å². The molecule has 4 heterocycles. The van der Waals surface area contributed by atoms with Gasteiger partial charge in [0.25, 0.3) is 0 Å². The molecule has 0 atom stereocenters. The number of halogens is 2. The molecule has 0 spiro atoms. The molecule has 0 fully saturated rings. The summed E-state index contributed by atoms with van der Waals surface area (Å²) in [5.41, 5.74) is 4.52. The van der Waals surface area contributed by atoms with Crippen molar-refractivity contribution in [3.05, 3.63) is 84.4 Å². The molecule has 0 aliphatic carbocycles. The highest BCUT2D eigenvalue weighted by molar-refractivity contribution is 5.99. The lowest BCUT2D eigenvalue weighted by molar-refractivity contribution is -0.107. The lowest BCUT2D eigenvalue weighted by Crippen LogP contribution is -2.20. The van der Waals surface area contributed by atoms with E-state index in [1.165, 1.54) is 12.1 Å². The standard InChI is InChI=1S/C29H27FN6O3.ClH/c1-29(2,3)25-16-26(35-39-25)34-28(38)33-23-7-6-20(14-22(23)30)24-17-32-27-15-19(9-11-36(24)27)18-8-10-31-21(13-18)5-4-12-37;/h6-17H,4-5H2,1-3H3,(H2,33,34,35,38);1H. The number of aromatic nitrogens is 4. The number of urea groups is 1. The first-order valence-electron chi connectivity index (χ1n) is 12.4. The number of amides is 2. The zero-order valence-electron chi connectivity index (χ0n) is 22.1. The highest BCUT2D eigenvalue weighted by Crippen LogP contribution is 2.28. The van der Waals surface area contributed by atoms with Gasteiger partial charge in [-0.1, -0.05) is 32.0 Å². The minimum Gasteiger partial charge on any atom is -0.359 e. The lowest BCUT2D eigenvalue weighted by atomic mass is 9.93. The Labute approximate surface area is 236 Å². The van der Waals surface area contributed by atoms with Crippen molar-refractivity contribution < 1.29 is 18.5 Å². The number of carbonyl (C=O) groups is 2. The summed E-state index contributed by atoms with van der Waals surface area (Å²) in [5, 5.41) is 8.90. The van der Waals surface area contributed by atoms with Crippen LogP contribution in [-0.4, -0.2) is 31.8 Å². The second kappa shape index (κ2) is 11.7. The van der Waals surface area contributed by atoms with Crippen LogP contribution in [0.3, 0.4) is 0 Å². The van der Waals surface area contributed by atoms with Crippen LogP contribution >= 0.6 is 12.4 Å². The molecule has 1 aromatic carbocycles. The fourth-order valence-electron chi connectivity index (χ4n) is 4.11. The molecule has 0 saturated carbocycles. The molecule has 2 N–H and O–H groups in total. The lowest BCUT2D eigenvalue weighted by Gasteiger charge is -2.12. The number of fused-ring (bicyclic) bond motifs is 1. The van der Waals surface area contributed by atoms with E-state index in [1.807, 2.05) is 55.6 Å². The average Bonchev–Trinajstić information content (AvgIpc) is 3.56. The van der Waals surface area contributed by atoms with Crippen molar-refractivity contribution in [3.8, 4) is 22.4 Å². The molecule has 11 heteroatoms. The first-order valence-corrected chi connectivity index (χ1v) is 12.4. The Morgan fingerprint density at radius 2 is 1.82 bits per heavy atom. The fraction of sp³-hybridized carbons (Fsp3) is 0.207. The first kappa shape index (κ1) is 28.4. The minimum atomic E-state index is -0.636. The van der Waals surface area contributed by atoms with Crippen LogP contribution in [-0.2, 0) is 16.6 Å². The van der Waals surface area contributed by atoms with Gasteiger partial charge in [-0.25, -0.2) is 14.2 Å². The molecule has 0 saturated heterocycles. The molecule has 9 nitrogen and oxygen atoms in total. The van der Waals surface area contributed by atoms with E-state index in [0.717, 1.165) is 23.1 Å². The number of imidazole rings is 1. The predicted octanol–water partition coefficient (Wildman–Crippen LogP) is 6.69. The molecular weight excluding hydrogens is 535 g/mol. The highest BCUT2D eigenvalue weighted by Gasteiger charge is 2.20. The van der Waals surface area contributed by atoms with Crippen molar-refractivity contribution in [1.82, 2.24) is 19.5 Å². The molecule has 0 aliphatic heterocycles. The fourth-order valence-corrected chi connectivity index (χ4v) is 4.11. The third-order valence-electron chi connectivity index (χ3n) is 6.19. The highest BCUT2D eigenvalue weighted by atomic mass is 35.5. The van der Waals surface area contributed by atoms with Gasteiger partial charge in [-0.3, -0.25) is 14.7 Å². The molecule has 0 aliphatic rings. The van der Waals surface area contributed by atoms with Crippen LogP contribution in [0.4, 0.5) is 20.7 Å². The van der Waals surface area contributed by atoms with Crippen LogP contribution in [0.15, 0.2) is 71.6 Å². The molecule has 40 heavy (non-hydrogen) atoms. The molecular formula is C29H28ClFN6O3. The summed E-state index contributed by atoms with van der Waals surface area (Å²) >= 11 is 0. The molecule has 0 radical (unpaired) electrons. The van der Waals surface area contributed by atoms with E-state index in [2.05, 4.69) is 25.8 Å². The topological polar surface area (TPSA) is 114 Å². The molecule has 0 bridgehead atoms. The monoisotopic (exact) mass is 562 g/mol. The number of hydrogen-bond donors (Lipinski definition) is 2. The summed E-state index contributed by atoms with van der Waals surface area (Å²) in [4.78, 5) is 31.9. The van der Waals surface area contributed by atoms with Crippen LogP contribution in [0.2, 0.25) is 0 Å². The minimum absolute atomic E-state index is 0. The van der Waals surface area contributed by atoms with Crippen molar-refractivity contribution in [2.24, 2.45) is 0 Å². The SMILES string of the molecule is CC(C)(C)c1cc(NC(=O)Nc2ccc(-c3cnc4cc(-c5ccnc(CCC=O)c5)ccn34)cc2F)no1.Cl. The van der Waals surface area contributed by atoms with Gasteiger partial charge in [0.2, 0.25) is 0 Å². The van der Waals surface area contributed by atoms with Gasteiger partial charge < -0.3 is 14.6 Å². The van der Waals surface area contributed by atoms with E-state index < -0.39 is 11.8 Å². The zero-order chi connectivity index (χ0) is 27.6. The Morgan fingerprint density at radius 1 is 1.02 bits per heavy atom. The predicted molar refractivity (Wildman–Crippen MR) is 153 cm³/mol. The number of benzene rings is 1. The van der Waals surface area contributed by atoms with Gasteiger partial charge in [-0.05, 0) is 53.9 Å². The number of nitrogens with one attached hydrogen (secondary N) is 2. The van der Waals surface area contributed by atoms with Gasteiger partial charge in [0, 0.05) is 41.6 Å². The van der Waals surface area contributed by atoms with Crippen LogP contribution in [0.1, 0.15) is 38.6 Å². The summed E-state index contributed by atoms with van der Waals surface area (Å²) in [7, 11) is 0. The summed E-state index contributed by atoms with van der Waals surface area (Å²) in [6.45, 7) is 5.89. The average molecular weight is 563 g/mol. The Morgan fingerprint density at radius 3 is 2.55 bits per heavy atom. The van der Waals surface area contributed by atoms with Gasteiger partial charge in [-0.15, -0.1) is 12.4 Å². The van der Waals surface area contributed by atoms with Gasteiger partial charge >= 0.3 is 6.03 Å². The summed E-state index contributed by atoms with van der Waals surface area (Å²) in [5.74, 6) is 0.265. The Kier molecular flexibility index (Phi) is 8.29. The molecule has 4 aromatic heterocycles. The van der Waals surface area contributed by atoms with Crippen LogP contribution < -0.4 is 10.6 Å². The van der Waals surface area contributed by atoms with Crippen LogP contribution in [0.5, 0.6) is 0 Å². The molecule has 2 amide bonds. The Hall–Kier alpha value is -4.57. The number of anilines is 2. The number of aldehydes is 1. The summed E-state index contributed by atoms with van der Waals surface area (Å²) in [6, 6.07) is 13.3. The number of aryl methyl sites for hydroxylation is 1. The van der Waals surface area contributed by atoms with Crippen molar-refractivity contribution in [2.75, 3.05) is 10.6 Å². The van der Waals surface area contributed by atoms with Crippen LogP contribution in [0, 0.1) is 5.82 Å². The molecule has 0 unspecified atom stereocenters. The van der Waals surface area contributed by atoms with Crippen LogP contribution in [0.25, 0.3) is 28.0 Å². The number of carbonyl (C=O) groups excluding carboxylic acids is 2. The van der Waals surface area contributed by atoms with Crippen molar-refractivity contribution in [1.29, 1.82) is 0 Å². The number of pyridine rings is 2. The van der Waals surface area contributed by atoms with Gasteiger partial charge in [-0.2, -0.15) is 0 Å². The van der Waals surface area contributed by atoms with Crippen molar-refractivity contribution >= 4 is 41.9 Å². The van der Waals surface area contributed by atoms with Crippen molar-refractivity contribution in [3.63, 3.8) is 0 Å².